The molecule has 4 nitrogen and oxygen atoms in total. The Labute approximate surface area is 93.3 Å². The standard InChI is InChI=1S/C9H15N3OP2/c10-8(6-11-15-14)9(13)12-7-4-2-1-3-5-7/h1-5,8,11,15H,6,10,14H2,(H,12,13). The fourth-order valence-corrected chi connectivity index (χ4v) is 1.71. The number of para-hydroxylation sites is 1. The molecule has 1 aromatic rings. The monoisotopic (exact) mass is 243 g/mol. The van der Waals surface area contributed by atoms with E-state index in [1.54, 1.807) is 0 Å². The highest BCUT2D eigenvalue weighted by Gasteiger charge is 2.12. The number of carbonyl (C=O) groups is 1. The molecule has 1 rings (SSSR count). The first-order chi connectivity index (χ1) is 7.24. The molecule has 0 heterocycles. The third-order valence-corrected chi connectivity index (χ3v) is 2.82. The highest BCUT2D eigenvalue weighted by atomic mass is 32.0. The summed E-state index contributed by atoms with van der Waals surface area (Å²) in [7, 11) is 3.06. The Morgan fingerprint density at radius 2 is 2.13 bits per heavy atom. The zero-order chi connectivity index (χ0) is 11.1. The Balaban J connectivity index is 2.42. The van der Waals surface area contributed by atoms with Crippen LogP contribution in [0.3, 0.4) is 0 Å². The molecule has 0 spiro atoms. The van der Waals surface area contributed by atoms with Gasteiger partial charge in [-0.25, -0.2) is 0 Å². The molecule has 0 bridgehead atoms. The molecule has 82 valence electrons. The molecule has 1 aromatic carbocycles. The number of carbonyl (C=O) groups excluding carboxylic acids is 1. The molecule has 0 aliphatic heterocycles. The van der Waals surface area contributed by atoms with Crippen molar-refractivity contribution in [2.24, 2.45) is 5.73 Å². The SMILES string of the molecule is NC(CNPP)C(=O)Nc1ccccc1. The molecule has 15 heavy (non-hydrogen) atoms. The van der Waals surface area contributed by atoms with E-state index in [0.717, 1.165) is 5.69 Å². The number of nitrogens with two attached hydrogens (primary N) is 1. The van der Waals surface area contributed by atoms with Crippen molar-refractivity contribution < 1.29 is 4.79 Å². The van der Waals surface area contributed by atoms with E-state index in [9.17, 15) is 4.79 Å². The number of nitrogens with one attached hydrogen (secondary N) is 2. The molecule has 3 atom stereocenters. The number of rotatable bonds is 5. The first-order valence-electron chi connectivity index (χ1n) is 4.54. The van der Waals surface area contributed by atoms with Gasteiger partial charge in [0.05, 0.1) is 6.04 Å². The lowest BCUT2D eigenvalue weighted by Crippen LogP contribution is -2.41. The predicted molar refractivity (Wildman–Crippen MR) is 69.1 cm³/mol. The molecule has 4 N–H and O–H groups in total. The van der Waals surface area contributed by atoms with Crippen LogP contribution in [-0.4, -0.2) is 18.5 Å². The van der Waals surface area contributed by atoms with Gasteiger partial charge in [-0.3, -0.25) is 9.88 Å². The van der Waals surface area contributed by atoms with Crippen molar-refractivity contribution in [3.8, 4) is 0 Å². The predicted octanol–water partition coefficient (Wildman–Crippen LogP) is 0.926. The Bertz CT molecular complexity index is 307. The fourth-order valence-electron chi connectivity index (χ4n) is 1.02. The summed E-state index contributed by atoms with van der Waals surface area (Å²) in [5.74, 6) is -0.169. The third-order valence-electron chi connectivity index (χ3n) is 1.80. The third kappa shape index (κ3) is 4.67. The van der Waals surface area contributed by atoms with Crippen molar-refractivity contribution in [2.45, 2.75) is 6.04 Å². The molecule has 0 radical (unpaired) electrons. The normalized spacial score (nSPS) is 12.9. The maximum Gasteiger partial charge on any atom is 0.242 e. The van der Waals surface area contributed by atoms with E-state index >= 15 is 0 Å². The Morgan fingerprint density at radius 1 is 1.47 bits per heavy atom. The van der Waals surface area contributed by atoms with Crippen molar-refractivity contribution >= 4 is 28.9 Å². The van der Waals surface area contributed by atoms with E-state index in [1.165, 1.54) is 0 Å². The van der Waals surface area contributed by atoms with Crippen LogP contribution in [0.2, 0.25) is 0 Å². The van der Waals surface area contributed by atoms with Crippen LogP contribution in [0.15, 0.2) is 30.3 Å². The number of hydrogen-bond donors (Lipinski definition) is 3. The maximum absolute atomic E-state index is 11.5. The number of benzene rings is 1. The molecular weight excluding hydrogens is 228 g/mol. The van der Waals surface area contributed by atoms with Gasteiger partial charge in [0.2, 0.25) is 5.91 Å². The second-order valence-electron chi connectivity index (χ2n) is 2.99. The fraction of sp³-hybridized carbons (Fsp3) is 0.222. The van der Waals surface area contributed by atoms with Crippen molar-refractivity contribution in [1.82, 2.24) is 5.09 Å². The van der Waals surface area contributed by atoms with Crippen LogP contribution in [0.25, 0.3) is 0 Å². The molecule has 0 fully saturated rings. The molecule has 1 amide bonds. The van der Waals surface area contributed by atoms with Crippen molar-refractivity contribution in [3.63, 3.8) is 0 Å². The molecule has 0 aliphatic carbocycles. The van der Waals surface area contributed by atoms with Gasteiger partial charge in [0.15, 0.2) is 0 Å². The Kier molecular flexibility index (Phi) is 5.74. The largest absolute Gasteiger partial charge is 0.325 e. The first kappa shape index (κ1) is 12.5. The van der Waals surface area contributed by atoms with Gasteiger partial charge < -0.3 is 11.1 Å². The van der Waals surface area contributed by atoms with Crippen molar-refractivity contribution in [1.29, 1.82) is 0 Å². The zero-order valence-corrected chi connectivity index (χ0v) is 10.4. The van der Waals surface area contributed by atoms with Crippen LogP contribution < -0.4 is 16.1 Å². The average molecular weight is 243 g/mol. The molecule has 0 aromatic heterocycles. The quantitative estimate of drug-likeness (QED) is 0.674. The topological polar surface area (TPSA) is 67.1 Å². The highest BCUT2D eigenvalue weighted by molar-refractivity contribution is 8.01. The summed E-state index contributed by atoms with van der Waals surface area (Å²) in [5, 5.41) is 5.76. The van der Waals surface area contributed by atoms with Gasteiger partial charge >= 0.3 is 0 Å². The van der Waals surface area contributed by atoms with Gasteiger partial charge in [-0.15, -0.1) is 0 Å². The second kappa shape index (κ2) is 6.86. The summed E-state index contributed by atoms with van der Waals surface area (Å²) < 4.78 is 0. The van der Waals surface area contributed by atoms with Crippen LogP contribution in [0, 0.1) is 0 Å². The van der Waals surface area contributed by atoms with Crippen molar-refractivity contribution in [2.75, 3.05) is 11.9 Å². The van der Waals surface area contributed by atoms with Crippen LogP contribution >= 0.6 is 17.3 Å². The second-order valence-corrected chi connectivity index (χ2v) is 4.50. The molecule has 0 saturated carbocycles. The molecule has 0 aliphatic rings. The first-order valence-corrected chi connectivity index (χ1v) is 7.35. The molecule has 6 heteroatoms. The van der Waals surface area contributed by atoms with E-state index in [0.29, 0.717) is 15.0 Å². The van der Waals surface area contributed by atoms with Crippen LogP contribution in [-0.2, 0) is 4.79 Å². The van der Waals surface area contributed by atoms with Gasteiger partial charge in [0.1, 0.15) is 0 Å². The lowest BCUT2D eigenvalue weighted by atomic mass is 10.2. The van der Waals surface area contributed by atoms with E-state index in [4.69, 9.17) is 5.73 Å². The molecule has 0 saturated heterocycles. The van der Waals surface area contributed by atoms with Gasteiger partial charge in [-0.2, -0.15) is 0 Å². The minimum absolute atomic E-state index is 0.169. The maximum atomic E-state index is 11.5. The summed E-state index contributed by atoms with van der Waals surface area (Å²) in [5.41, 5.74) is 6.44. The van der Waals surface area contributed by atoms with Crippen LogP contribution in [0.4, 0.5) is 5.69 Å². The summed E-state index contributed by atoms with van der Waals surface area (Å²) in [6.45, 7) is 0.487. The molecule has 3 unspecified atom stereocenters. The zero-order valence-electron chi connectivity index (χ0n) is 8.23. The number of amides is 1. The molecular formula is C9H15N3OP2. The smallest absolute Gasteiger partial charge is 0.242 e. The van der Waals surface area contributed by atoms with E-state index in [2.05, 4.69) is 19.3 Å². The van der Waals surface area contributed by atoms with Gasteiger partial charge in [0.25, 0.3) is 0 Å². The van der Waals surface area contributed by atoms with Crippen LogP contribution in [0.1, 0.15) is 0 Å². The minimum atomic E-state index is -0.516. The van der Waals surface area contributed by atoms with E-state index in [-0.39, 0.29) is 5.91 Å². The minimum Gasteiger partial charge on any atom is -0.325 e. The summed E-state index contributed by atoms with van der Waals surface area (Å²) >= 11 is 0. The van der Waals surface area contributed by atoms with E-state index in [1.807, 2.05) is 30.3 Å². The van der Waals surface area contributed by atoms with Gasteiger partial charge in [-0.05, 0) is 20.6 Å². The lowest BCUT2D eigenvalue weighted by Gasteiger charge is -2.12. The number of anilines is 1. The van der Waals surface area contributed by atoms with Crippen LogP contribution in [0.5, 0.6) is 0 Å². The Hall–Kier alpha value is -0.530. The Morgan fingerprint density at radius 3 is 2.73 bits per heavy atom. The van der Waals surface area contributed by atoms with Crippen molar-refractivity contribution in [3.05, 3.63) is 30.3 Å². The lowest BCUT2D eigenvalue weighted by molar-refractivity contribution is -0.117. The summed E-state index contributed by atoms with van der Waals surface area (Å²) in [4.78, 5) is 11.5. The van der Waals surface area contributed by atoms with E-state index < -0.39 is 6.04 Å². The average Bonchev–Trinajstić information content (AvgIpc) is 2.27. The van der Waals surface area contributed by atoms with Gasteiger partial charge in [-0.1, -0.05) is 27.1 Å². The van der Waals surface area contributed by atoms with Gasteiger partial charge in [0, 0.05) is 12.2 Å². The number of hydrogen-bond acceptors (Lipinski definition) is 3. The summed E-state index contributed by atoms with van der Waals surface area (Å²) in [6, 6.07) is 8.77. The summed E-state index contributed by atoms with van der Waals surface area (Å²) in [6.07, 6.45) is 0. The highest BCUT2D eigenvalue weighted by Crippen LogP contribution is 2.12.